The van der Waals surface area contributed by atoms with Crippen LogP contribution in [0.25, 0.3) is 0 Å². The molecule has 0 spiro atoms. The van der Waals surface area contributed by atoms with Crippen molar-refractivity contribution in [1.82, 2.24) is 0 Å². The van der Waals surface area contributed by atoms with Gasteiger partial charge in [0.25, 0.3) is 10.0 Å². The standard InChI is InChI=1S/C12H8ClF3N2O2S/c13-7-4-10(16)11(17)5-12(7)21(19,20)18-6-1-2-8(14)9(15)3-6/h1-5,18H,17H2. The van der Waals surface area contributed by atoms with Gasteiger partial charge in [-0.05, 0) is 24.3 Å². The van der Waals surface area contributed by atoms with E-state index in [2.05, 4.69) is 0 Å². The van der Waals surface area contributed by atoms with Crippen LogP contribution in [0.2, 0.25) is 5.02 Å². The number of benzene rings is 2. The maximum Gasteiger partial charge on any atom is 0.263 e. The molecule has 9 heteroatoms. The van der Waals surface area contributed by atoms with Crippen LogP contribution in [0.4, 0.5) is 24.5 Å². The monoisotopic (exact) mass is 336 g/mol. The summed E-state index contributed by atoms with van der Waals surface area (Å²) in [6.45, 7) is 0. The first-order chi connectivity index (χ1) is 9.70. The fourth-order valence-electron chi connectivity index (χ4n) is 1.52. The average Bonchev–Trinajstić information content (AvgIpc) is 2.37. The molecule has 3 N–H and O–H groups in total. The van der Waals surface area contributed by atoms with Gasteiger partial charge >= 0.3 is 0 Å². The molecule has 2 rings (SSSR count). The van der Waals surface area contributed by atoms with Gasteiger partial charge in [0, 0.05) is 6.07 Å². The second-order valence-corrected chi connectivity index (χ2v) is 6.10. The Bertz CT molecular complexity index is 812. The Labute approximate surface area is 123 Å². The van der Waals surface area contributed by atoms with Gasteiger partial charge in [0.1, 0.15) is 10.7 Å². The lowest BCUT2D eigenvalue weighted by Gasteiger charge is -2.10. The first-order valence-corrected chi connectivity index (χ1v) is 7.29. The van der Waals surface area contributed by atoms with Crippen LogP contribution >= 0.6 is 11.6 Å². The van der Waals surface area contributed by atoms with Gasteiger partial charge < -0.3 is 5.73 Å². The molecule has 112 valence electrons. The lowest BCUT2D eigenvalue weighted by Crippen LogP contribution is -2.14. The third-order valence-corrected chi connectivity index (χ3v) is 4.36. The highest BCUT2D eigenvalue weighted by atomic mass is 35.5. The number of nitrogens with two attached hydrogens (primary N) is 1. The van der Waals surface area contributed by atoms with Crippen molar-refractivity contribution >= 4 is 33.0 Å². The largest absolute Gasteiger partial charge is 0.396 e. The van der Waals surface area contributed by atoms with Gasteiger partial charge in [-0.3, -0.25) is 4.72 Å². The molecule has 2 aromatic carbocycles. The van der Waals surface area contributed by atoms with Crippen LogP contribution in [-0.4, -0.2) is 8.42 Å². The van der Waals surface area contributed by atoms with Crippen LogP contribution in [-0.2, 0) is 10.0 Å². The first-order valence-electron chi connectivity index (χ1n) is 5.43. The van der Waals surface area contributed by atoms with Crippen molar-refractivity contribution in [1.29, 1.82) is 0 Å². The second kappa shape index (κ2) is 5.45. The van der Waals surface area contributed by atoms with E-state index in [1.165, 1.54) is 0 Å². The van der Waals surface area contributed by atoms with Crippen LogP contribution in [0.5, 0.6) is 0 Å². The van der Waals surface area contributed by atoms with Crippen LogP contribution in [0.1, 0.15) is 0 Å². The Balaban J connectivity index is 2.43. The molecular weight excluding hydrogens is 329 g/mol. The van der Waals surface area contributed by atoms with Gasteiger partial charge in [0.2, 0.25) is 0 Å². The molecule has 2 aromatic rings. The maximum absolute atomic E-state index is 13.2. The average molecular weight is 337 g/mol. The normalized spacial score (nSPS) is 11.4. The Hall–Kier alpha value is -1.93. The molecule has 0 radical (unpaired) electrons. The van der Waals surface area contributed by atoms with E-state index in [0.717, 1.165) is 24.3 Å². The molecular formula is C12H8ClF3N2O2S. The number of hydrogen-bond donors (Lipinski definition) is 2. The van der Waals surface area contributed by atoms with Gasteiger partial charge in [-0.15, -0.1) is 0 Å². The highest BCUT2D eigenvalue weighted by Gasteiger charge is 2.20. The molecule has 0 heterocycles. The summed E-state index contributed by atoms with van der Waals surface area (Å²) < 4.78 is 65.2. The Kier molecular flexibility index (Phi) is 4.02. The minimum Gasteiger partial charge on any atom is -0.396 e. The van der Waals surface area contributed by atoms with Crippen molar-refractivity contribution in [3.8, 4) is 0 Å². The number of halogens is 4. The van der Waals surface area contributed by atoms with Gasteiger partial charge in [-0.2, -0.15) is 0 Å². The number of nitrogen functional groups attached to an aromatic ring is 1. The minimum atomic E-state index is -4.23. The molecule has 0 fully saturated rings. The summed E-state index contributed by atoms with van der Waals surface area (Å²) in [4.78, 5) is -0.479. The molecule has 0 bridgehead atoms. The van der Waals surface area contributed by atoms with Crippen LogP contribution < -0.4 is 10.5 Å². The Morgan fingerprint density at radius 3 is 2.29 bits per heavy atom. The molecule has 21 heavy (non-hydrogen) atoms. The van der Waals surface area contributed by atoms with Gasteiger partial charge in [0.05, 0.1) is 16.4 Å². The van der Waals surface area contributed by atoms with Crippen LogP contribution in [0.3, 0.4) is 0 Å². The fraction of sp³-hybridized carbons (Fsp3) is 0. The fourth-order valence-corrected chi connectivity index (χ4v) is 3.12. The lowest BCUT2D eigenvalue weighted by molar-refractivity contribution is 0.509. The quantitative estimate of drug-likeness (QED) is 0.846. The SMILES string of the molecule is Nc1cc(S(=O)(=O)Nc2ccc(F)c(F)c2)c(Cl)cc1F. The zero-order valence-electron chi connectivity index (χ0n) is 10.2. The molecule has 0 aliphatic rings. The van der Waals surface area contributed by atoms with E-state index in [1.54, 1.807) is 0 Å². The summed E-state index contributed by atoms with van der Waals surface area (Å²) in [6.07, 6.45) is 0. The predicted molar refractivity (Wildman–Crippen MR) is 73.0 cm³/mol. The van der Waals surface area contributed by atoms with E-state index in [9.17, 15) is 21.6 Å². The van der Waals surface area contributed by atoms with Crippen molar-refractivity contribution in [3.63, 3.8) is 0 Å². The maximum atomic E-state index is 13.2. The Morgan fingerprint density at radius 1 is 1.00 bits per heavy atom. The highest BCUT2D eigenvalue weighted by molar-refractivity contribution is 7.92. The molecule has 4 nitrogen and oxygen atoms in total. The molecule has 0 aliphatic heterocycles. The molecule has 0 aliphatic carbocycles. The van der Waals surface area contributed by atoms with E-state index in [1.807, 2.05) is 4.72 Å². The smallest absolute Gasteiger partial charge is 0.263 e. The highest BCUT2D eigenvalue weighted by Crippen LogP contribution is 2.28. The molecule has 0 atom stereocenters. The van der Waals surface area contributed by atoms with Gasteiger partial charge in [-0.25, -0.2) is 21.6 Å². The summed E-state index contributed by atoms with van der Waals surface area (Å²) in [5.41, 5.74) is 4.66. The molecule has 0 unspecified atom stereocenters. The minimum absolute atomic E-state index is 0.215. The molecule has 0 aromatic heterocycles. The zero-order chi connectivity index (χ0) is 15.8. The molecule has 0 saturated heterocycles. The van der Waals surface area contributed by atoms with E-state index in [4.69, 9.17) is 17.3 Å². The zero-order valence-corrected chi connectivity index (χ0v) is 11.8. The number of hydrogen-bond acceptors (Lipinski definition) is 3. The summed E-state index contributed by atoms with van der Waals surface area (Å²) in [6, 6.07) is 4.02. The van der Waals surface area contributed by atoms with Crippen molar-refractivity contribution in [2.24, 2.45) is 0 Å². The Morgan fingerprint density at radius 2 is 1.67 bits per heavy atom. The number of nitrogens with one attached hydrogen (secondary N) is 1. The second-order valence-electron chi connectivity index (χ2n) is 4.04. The number of sulfonamides is 1. The first kappa shape index (κ1) is 15.5. The lowest BCUT2D eigenvalue weighted by atomic mass is 10.3. The summed E-state index contributed by atoms with van der Waals surface area (Å²) in [7, 11) is -4.23. The van der Waals surface area contributed by atoms with Crippen LogP contribution in [0.15, 0.2) is 35.2 Å². The van der Waals surface area contributed by atoms with Crippen molar-refractivity contribution in [2.75, 3.05) is 10.5 Å². The molecule has 0 amide bonds. The number of rotatable bonds is 3. The van der Waals surface area contributed by atoms with Gasteiger partial charge in [0.15, 0.2) is 11.6 Å². The van der Waals surface area contributed by atoms with E-state index >= 15 is 0 Å². The van der Waals surface area contributed by atoms with Crippen molar-refractivity contribution < 1.29 is 21.6 Å². The van der Waals surface area contributed by atoms with Crippen LogP contribution in [0, 0.1) is 17.5 Å². The molecule has 0 saturated carbocycles. The van der Waals surface area contributed by atoms with Gasteiger partial charge in [-0.1, -0.05) is 11.6 Å². The summed E-state index contributed by atoms with van der Waals surface area (Å²) >= 11 is 5.66. The third kappa shape index (κ3) is 3.22. The van der Waals surface area contributed by atoms with E-state index in [-0.39, 0.29) is 5.69 Å². The predicted octanol–water partition coefficient (Wildman–Crippen LogP) is 3.14. The van der Waals surface area contributed by atoms with E-state index < -0.39 is 43.1 Å². The topological polar surface area (TPSA) is 72.2 Å². The number of anilines is 2. The summed E-state index contributed by atoms with van der Waals surface area (Å²) in [5, 5.41) is -0.392. The van der Waals surface area contributed by atoms with Crippen molar-refractivity contribution in [2.45, 2.75) is 4.90 Å². The third-order valence-electron chi connectivity index (χ3n) is 2.51. The summed E-state index contributed by atoms with van der Waals surface area (Å²) in [5.74, 6) is -3.21. The van der Waals surface area contributed by atoms with E-state index in [0.29, 0.717) is 6.07 Å². The van der Waals surface area contributed by atoms with Crippen molar-refractivity contribution in [3.05, 3.63) is 52.8 Å².